The van der Waals surface area contributed by atoms with Crippen molar-refractivity contribution < 1.29 is 14.3 Å². The highest BCUT2D eigenvalue weighted by molar-refractivity contribution is 5.94. The average Bonchev–Trinajstić information content (AvgIpc) is 3.18. The van der Waals surface area contributed by atoms with Crippen molar-refractivity contribution in [1.82, 2.24) is 20.4 Å². The first-order chi connectivity index (χ1) is 17.0. The molecule has 2 heterocycles. The number of nitrogens with zero attached hydrogens (tertiary/aromatic N) is 4. The zero-order valence-electron chi connectivity index (χ0n) is 21.7. The minimum Gasteiger partial charge on any atom is -0.448 e. The molecule has 0 aromatic heterocycles. The van der Waals surface area contributed by atoms with E-state index in [1.54, 1.807) is 18.9 Å². The molecule has 0 spiro atoms. The van der Waals surface area contributed by atoms with Gasteiger partial charge in [0.25, 0.3) is 0 Å². The van der Waals surface area contributed by atoms with Gasteiger partial charge in [-0.25, -0.2) is 4.79 Å². The third-order valence-corrected chi connectivity index (χ3v) is 7.88. The van der Waals surface area contributed by atoms with Crippen LogP contribution in [0.15, 0.2) is 4.99 Å². The van der Waals surface area contributed by atoms with Gasteiger partial charge in [0.15, 0.2) is 0 Å². The van der Waals surface area contributed by atoms with E-state index in [9.17, 15) is 14.9 Å². The number of ether oxygens (including phenoxy) is 1. The van der Waals surface area contributed by atoms with E-state index in [0.717, 1.165) is 64.7 Å². The van der Waals surface area contributed by atoms with E-state index in [1.807, 2.05) is 0 Å². The second kappa shape index (κ2) is 13.7. The standard InChI is InChI=1S/C26H44N6O3/c1-3-35-25(34)30-24(32-17-9-4-5-10-18-32)29-22(19-21-11-7-6-8-12-21)23(33)31(2)26(20-27)13-15-28-16-14-26/h21-22,28H,3-19H2,1-2H3,(H,29,30,34). The van der Waals surface area contributed by atoms with Crippen molar-refractivity contribution in [2.24, 2.45) is 10.9 Å². The molecule has 0 aromatic carbocycles. The summed E-state index contributed by atoms with van der Waals surface area (Å²) in [5.41, 5.74) is -0.810. The third kappa shape index (κ3) is 7.57. The summed E-state index contributed by atoms with van der Waals surface area (Å²) in [6, 6.07) is 1.91. The van der Waals surface area contributed by atoms with Crippen molar-refractivity contribution in [3.05, 3.63) is 0 Å². The molecule has 3 aliphatic rings. The Hall–Kier alpha value is -2.34. The summed E-state index contributed by atoms with van der Waals surface area (Å²) in [4.78, 5) is 34.4. The highest BCUT2D eigenvalue weighted by atomic mass is 16.5. The van der Waals surface area contributed by atoms with Crippen LogP contribution in [0.1, 0.15) is 84.0 Å². The number of likely N-dealkylation sites (tertiary alicyclic amines) is 1. The second-order valence-corrected chi connectivity index (χ2v) is 10.3. The molecule has 1 saturated carbocycles. The molecule has 35 heavy (non-hydrogen) atoms. The molecule has 1 aliphatic carbocycles. The van der Waals surface area contributed by atoms with Crippen LogP contribution in [-0.4, -0.2) is 79.2 Å². The maximum atomic E-state index is 14.0. The number of rotatable bonds is 6. The van der Waals surface area contributed by atoms with Gasteiger partial charge in [0.1, 0.15) is 11.6 Å². The zero-order chi connectivity index (χ0) is 25.1. The third-order valence-electron chi connectivity index (χ3n) is 7.88. The lowest BCUT2D eigenvalue weighted by Gasteiger charge is -2.41. The summed E-state index contributed by atoms with van der Waals surface area (Å²) in [7, 11) is 1.76. The Morgan fingerprint density at radius 3 is 2.37 bits per heavy atom. The summed E-state index contributed by atoms with van der Waals surface area (Å²) in [6.07, 6.45) is 11.4. The van der Waals surface area contributed by atoms with E-state index in [1.165, 1.54) is 19.3 Å². The van der Waals surface area contributed by atoms with Gasteiger partial charge in [0.2, 0.25) is 11.9 Å². The molecule has 9 heteroatoms. The highest BCUT2D eigenvalue weighted by Crippen LogP contribution is 2.30. The lowest BCUT2D eigenvalue weighted by Crippen LogP contribution is -2.60. The van der Waals surface area contributed by atoms with Gasteiger partial charge in [-0.05, 0) is 58.0 Å². The van der Waals surface area contributed by atoms with Crippen LogP contribution in [0, 0.1) is 17.2 Å². The van der Waals surface area contributed by atoms with E-state index in [4.69, 9.17) is 4.74 Å². The molecule has 196 valence electrons. The largest absolute Gasteiger partial charge is 0.448 e. The number of likely N-dealkylation sites (N-methyl/N-ethyl adjacent to an activating group) is 1. The fraction of sp³-hybridized carbons (Fsp3) is 0.846. The molecular formula is C26H44N6O3. The second-order valence-electron chi connectivity index (χ2n) is 10.3. The Bertz CT molecular complexity index is 760. The summed E-state index contributed by atoms with van der Waals surface area (Å²) in [5, 5.41) is 16.8. The van der Waals surface area contributed by atoms with Gasteiger partial charge >= 0.3 is 6.09 Å². The number of nitriles is 1. The Balaban J connectivity index is 1.87. The Morgan fingerprint density at radius 2 is 1.77 bits per heavy atom. The SMILES string of the molecule is CCOC(=O)N=C(NC(CC1CCCCC1)C(=O)N(C)C1(C#N)CCNCC1)N1CCCCCC1. The van der Waals surface area contributed by atoms with Crippen molar-refractivity contribution >= 4 is 18.0 Å². The van der Waals surface area contributed by atoms with E-state index in [-0.39, 0.29) is 12.5 Å². The highest BCUT2D eigenvalue weighted by Gasteiger charge is 2.42. The van der Waals surface area contributed by atoms with Gasteiger partial charge in [-0.15, -0.1) is 4.99 Å². The number of hydrogen-bond donors (Lipinski definition) is 2. The maximum Gasteiger partial charge on any atom is 0.436 e. The number of nitrogens with one attached hydrogen (secondary N) is 2. The van der Waals surface area contributed by atoms with Crippen molar-refractivity contribution in [3.63, 3.8) is 0 Å². The molecule has 3 rings (SSSR count). The molecule has 0 aromatic rings. The van der Waals surface area contributed by atoms with Crippen LogP contribution in [-0.2, 0) is 9.53 Å². The maximum absolute atomic E-state index is 14.0. The van der Waals surface area contributed by atoms with Crippen molar-refractivity contribution in [1.29, 1.82) is 5.26 Å². The predicted octanol–water partition coefficient (Wildman–Crippen LogP) is 3.41. The average molecular weight is 489 g/mol. The van der Waals surface area contributed by atoms with Crippen molar-refractivity contribution in [2.75, 3.05) is 39.8 Å². The molecule has 0 bridgehead atoms. The van der Waals surface area contributed by atoms with Gasteiger partial charge in [-0.1, -0.05) is 44.9 Å². The summed E-state index contributed by atoms with van der Waals surface area (Å²) in [5.74, 6) is 0.785. The molecule has 2 amide bonds. The quantitative estimate of drug-likeness (QED) is 0.435. The van der Waals surface area contributed by atoms with Gasteiger partial charge < -0.3 is 25.2 Å². The summed E-state index contributed by atoms with van der Waals surface area (Å²) < 4.78 is 5.12. The first-order valence-corrected chi connectivity index (χ1v) is 13.7. The van der Waals surface area contributed by atoms with Crippen LogP contribution in [0.4, 0.5) is 4.79 Å². The fourth-order valence-electron chi connectivity index (χ4n) is 5.66. The van der Waals surface area contributed by atoms with Crippen LogP contribution < -0.4 is 10.6 Å². The Morgan fingerprint density at radius 1 is 1.14 bits per heavy atom. The normalized spacial score (nSPS) is 22.4. The zero-order valence-corrected chi connectivity index (χ0v) is 21.7. The van der Waals surface area contributed by atoms with Crippen LogP contribution >= 0.6 is 0 Å². The summed E-state index contributed by atoms with van der Waals surface area (Å²) >= 11 is 0. The number of carbonyl (C=O) groups is 2. The minimum atomic E-state index is -0.810. The molecule has 3 fully saturated rings. The fourth-order valence-corrected chi connectivity index (χ4v) is 5.66. The molecule has 1 unspecified atom stereocenters. The first kappa shape index (κ1) is 27.3. The number of hydrogen-bond acceptors (Lipinski definition) is 5. The van der Waals surface area contributed by atoms with Crippen LogP contribution in [0.3, 0.4) is 0 Å². The topological polar surface area (TPSA) is 110 Å². The molecule has 9 nitrogen and oxygen atoms in total. The van der Waals surface area contributed by atoms with E-state index in [2.05, 4.69) is 26.6 Å². The lowest BCUT2D eigenvalue weighted by atomic mass is 9.83. The molecule has 0 radical (unpaired) electrons. The van der Waals surface area contributed by atoms with Crippen LogP contribution in [0.2, 0.25) is 0 Å². The van der Waals surface area contributed by atoms with Gasteiger partial charge in [0, 0.05) is 20.1 Å². The number of carbonyl (C=O) groups excluding carboxylic acids is 2. The monoisotopic (exact) mass is 488 g/mol. The number of amides is 2. The van der Waals surface area contributed by atoms with Crippen molar-refractivity contribution in [3.8, 4) is 6.07 Å². The summed E-state index contributed by atoms with van der Waals surface area (Å²) in [6.45, 7) is 5.03. The molecule has 2 saturated heterocycles. The molecular weight excluding hydrogens is 444 g/mol. The number of aliphatic imine (C=N–C) groups is 1. The minimum absolute atomic E-state index is 0.0922. The van der Waals surface area contributed by atoms with Gasteiger partial charge in [0.05, 0.1) is 12.7 Å². The molecule has 2 N–H and O–H groups in total. The predicted molar refractivity (Wildman–Crippen MR) is 136 cm³/mol. The molecule has 1 atom stereocenters. The Kier molecular flexibility index (Phi) is 10.6. The van der Waals surface area contributed by atoms with Gasteiger partial charge in [-0.3, -0.25) is 4.79 Å². The van der Waals surface area contributed by atoms with Crippen molar-refractivity contribution in [2.45, 2.75) is 95.6 Å². The van der Waals surface area contributed by atoms with E-state index < -0.39 is 17.7 Å². The van der Waals surface area contributed by atoms with Gasteiger partial charge in [-0.2, -0.15) is 5.26 Å². The van der Waals surface area contributed by atoms with Crippen LogP contribution in [0.25, 0.3) is 0 Å². The Labute approximate surface area is 210 Å². The lowest BCUT2D eigenvalue weighted by molar-refractivity contribution is -0.137. The van der Waals surface area contributed by atoms with Crippen LogP contribution in [0.5, 0.6) is 0 Å². The smallest absolute Gasteiger partial charge is 0.436 e. The van der Waals surface area contributed by atoms with E-state index >= 15 is 0 Å². The number of guanidine groups is 1. The first-order valence-electron chi connectivity index (χ1n) is 13.7. The van der Waals surface area contributed by atoms with E-state index in [0.29, 0.717) is 31.1 Å². The number of piperidine rings is 1. The molecule has 2 aliphatic heterocycles.